The lowest BCUT2D eigenvalue weighted by molar-refractivity contribution is 0.0697. The van der Waals surface area contributed by atoms with E-state index >= 15 is 0 Å². The first-order valence-electron chi connectivity index (χ1n) is 9.98. The second-order valence-corrected chi connectivity index (χ2v) is 7.87. The Kier molecular flexibility index (Phi) is 5.40. The van der Waals surface area contributed by atoms with Gasteiger partial charge in [0.15, 0.2) is 0 Å². The van der Waals surface area contributed by atoms with E-state index in [0.29, 0.717) is 11.5 Å². The number of piperidine rings is 1. The van der Waals surface area contributed by atoms with Crippen molar-refractivity contribution in [3.05, 3.63) is 77.0 Å². The van der Waals surface area contributed by atoms with Crippen molar-refractivity contribution < 1.29 is 9.90 Å². The third-order valence-electron chi connectivity index (χ3n) is 5.75. The number of benzene rings is 2. The molecule has 0 aliphatic carbocycles. The minimum Gasteiger partial charge on any atom is -0.478 e. The second kappa shape index (κ2) is 8.11. The van der Waals surface area contributed by atoms with E-state index in [2.05, 4.69) is 47.1 Å². The van der Waals surface area contributed by atoms with Gasteiger partial charge < -0.3 is 5.11 Å². The summed E-state index contributed by atoms with van der Waals surface area (Å²) in [5, 5.41) is 10.3. The van der Waals surface area contributed by atoms with Gasteiger partial charge in [-0.3, -0.25) is 9.88 Å². The summed E-state index contributed by atoms with van der Waals surface area (Å²) in [6.07, 6.45) is 3.51. The zero-order chi connectivity index (χ0) is 19.5. The van der Waals surface area contributed by atoms with E-state index in [9.17, 15) is 4.79 Å². The third-order valence-corrected chi connectivity index (χ3v) is 5.75. The molecular weight excluding hydrogens is 348 g/mol. The number of carboxylic acid groups (broad SMARTS) is 1. The van der Waals surface area contributed by atoms with Gasteiger partial charge in [-0.15, -0.1) is 0 Å². The molecule has 2 heterocycles. The number of fused-ring (bicyclic) bond motifs is 1. The Morgan fingerprint density at radius 1 is 1.11 bits per heavy atom. The van der Waals surface area contributed by atoms with E-state index in [4.69, 9.17) is 5.11 Å². The number of hydrogen-bond acceptors (Lipinski definition) is 3. The molecule has 0 radical (unpaired) electrons. The highest BCUT2D eigenvalue weighted by Crippen LogP contribution is 2.27. The molecule has 2 aromatic carbocycles. The average Bonchev–Trinajstić information content (AvgIpc) is 2.70. The Hall–Kier alpha value is -2.72. The lowest BCUT2D eigenvalue weighted by Crippen LogP contribution is -2.33. The van der Waals surface area contributed by atoms with Gasteiger partial charge in [-0.2, -0.15) is 0 Å². The maximum Gasteiger partial charge on any atom is 0.335 e. The number of carbonyl (C=O) groups is 1. The summed E-state index contributed by atoms with van der Waals surface area (Å²) >= 11 is 0. The number of aromatic nitrogens is 1. The summed E-state index contributed by atoms with van der Waals surface area (Å²) < 4.78 is 0. The van der Waals surface area contributed by atoms with Gasteiger partial charge in [0.1, 0.15) is 0 Å². The number of pyridine rings is 1. The number of nitrogens with zero attached hydrogens (tertiary/aromatic N) is 2. The normalized spacial score (nSPS) is 15.8. The zero-order valence-corrected chi connectivity index (χ0v) is 16.3. The second-order valence-electron chi connectivity index (χ2n) is 7.87. The molecule has 0 spiro atoms. The van der Waals surface area contributed by atoms with E-state index in [1.54, 1.807) is 12.1 Å². The Morgan fingerprint density at radius 2 is 1.82 bits per heavy atom. The van der Waals surface area contributed by atoms with Gasteiger partial charge in [0.05, 0.1) is 11.1 Å². The summed E-state index contributed by atoms with van der Waals surface area (Å²) in [4.78, 5) is 18.1. The van der Waals surface area contributed by atoms with Crippen LogP contribution < -0.4 is 0 Å². The molecular formula is C24H26N2O2. The number of rotatable bonds is 5. The molecule has 1 N–H and O–H groups in total. The average molecular weight is 374 g/mol. The highest BCUT2D eigenvalue weighted by Gasteiger charge is 2.20. The molecule has 0 bridgehead atoms. The van der Waals surface area contributed by atoms with Gasteiger partial charge in [-0.25, -0.2) is 4.79 Å². The van der Waals surface area contributed by atoms with Crippen LogP contribution in [0.4, 0.5) is 0 Å². The molecule has 1 saturated heterocycles. The van der Waals surface area contributed by atoms with Crippen LogP contribution in [0.15, 0.2) is 54.6 Å². The van der Waals surface area contributed by atoms with E-state index in [0.717, 1.165) is 37.3 Å². The summed E-state index contributed by atoms with van der Waals surface area (Å²) in [7, 11) is 0. The summed E-state index contributed by atoms with van der Waals surface area (Å²) in [6, 6.07) is 17.9. The summed E-state index contributed by atoms with van der Waals surface area (Å²) in [6.45, 7) is 5.15. The highest BCUT2D eigenvalue weighted by atomic mass is 16.4. The Labute approximate surface area is 165 Å². The molecule has 4 heteroatoms. The standard InChI is InChI=1S/C24H26N2O2/c1-17-14-21(22-4-2-3-5-23(22)25-17)15-18-10-12-26(13-11-18)16-19-6-8-20(9-7-19)24(27)28/h2-9,14,18H,10-13,15-16H2,1H3,(H,27,28). The molecule has 0 amide bonds. The smallest absolute Gasteiger partial charge is 0.335 e. The van der Waals surface area contributed by atoms with Gasteiger partial charge >= 0.3 is 5.97 Å². The molecule has 1 aliphatic rings. The molecule has 1 fully saturated rings. The maximum atomic E-state index is 11.0. The largest absolute Gasteiger partial charge is 0.478 e. The Balaban J connectivity index is 1.36. The van der Waals surface area contributed by atoms with Crippen LogP contribution in [-0.4, -0.2) is 34.0 Å². The Bertz CT molecular complexity index is 974. The van der Waals surface area contributed by atoms with Crippen molar-refractivity contribution in [1.29, 1.82) is 0 Å². The van der Waals surface area contributed by atoms with Crippen LogP contribution in [0.1, 0.15) is 40.0 Å². The van der Waals surface area contributed by atoms with E-state index < -0.39 is 5.97 Å². The van der Waals surface area contributed by atoms with Crippen molar-refractivity contribution >= 4 is 16.9 Å². The number of hydrogen-bond donors (Lipinski definition) is 1. The van der Waals surface area contributed by atoms with Gasteiger partial charge in [-0.05, 0) is 80.6 Å². The molecule has 0 unspecified atom stereocenters. The van der Waals surface area contributed by atoms with Gasteiger partial charge in [-0.1, -0.05) is 30.3 Å². The van der Waals surface area contributed by atoms with Crippen molar-refractivity contribution in [2.45, 2.75) is 32.7 Å². The first-order chi connectivity index (χ1) is 13.6. The fraction of sp³-hybridized carbons (Fsp3) is 0.333. The van der Waals surface area contributed by atoms with E-state index in [1.165, 1.54) is 29.4 Å². The topological polar surface area (TPSA) is 53.4 Å². The summed E-state index contributed by atoms with van der Waals surface area (Å²) in [5.41, 5.74) is 5.14. The van der Waals surface area contributed by atoms with Crippen LogP contribution in [0.25, 0.3) is 10.9 Å². The highest BCUT2D eigenvalue weighted by molar-refractivity contribution is 5.87. The van der Waals surface area contributed by atoms with Crippen molar-refractivity contribution in [2.75, 3.05) is 13.1 Å². The molecule has 4 nitrogen and oxygen atoms in total. The lowest BCUT2D eigenvalue weighted by Gasteiger charge is -2.32. The predicted molar refractivity (Wildman–Crippen MR) is 112 cm³/mol. The molecule has 0 saturated carbocycles. The van der Waals surface area contributed by atoms with Gasteiger partial charge in [0.25, 0.3) is 0 Å². The van der Waals surface area contributed by atoms with Gasteiger partial charge in [0, 0.05) is 17.6 Å². The van der Waals surface area contributed by atoms with Crippen LogP contribution >= 0.6 is 0 Å². The number of likely N-dealkylation sites (tertiary alicyclic amines) is 1. The molecule has 1 aromatic heterocycles. The monoisotopic (exact) mass is 374 g/mol. The zero-order valence-electron chi connectivity index (χ0n) is 16.3. The quantitative estimate of drug-likeness (QED) is 0.703. The number of aromatic carboxylic acids is 1. The molecule has 0 atom stereocenters. The van der Waals surface area contributed by atoms with Crippen molar-refractivity contribution in [1.82, 2.24) is 9.88 Å². The van der Waals surface area contributed by atoms with Crippen molar-refractivity contribution in [3.8, 4) is 0 Å². The van der Waals surface area contributed by atoms with Gasteiger partial charge in [0.2, 0.25) is 0 Å². The van der Waals surface area contributed by atoms with Crippen LogP contribution in [-0.2, 0) is 13.0 Å². The van der Waals surface area contributed by atoms with E-state index in [-0.39, 0.29) is 0 Å². The fourth-order valence-electron chi connectivity index (χ4n) is 4.23. The number of para-hydroxylation sites is 1. The number of carboxylic acids is 1. The SMILES string of the molecule is Cc1cc(CC2CCN(Cc3ccc(C(=O)O)cc3)CC2)c2ccccc2n1. The minimum atomic E-state index is -0.869. The number of aryl methyl sites for hydroxylation is 1. The predicted octanol–water partition coefficient (Wildman–Crippen LogP) is 4.70. The van der Waals surface area contributed by atoms with Crippen LogP contribution in [0.5, 0.6) is 0 Å². The third kappa shape index (κ3) is 4.23. The molecule has 3 aromatic rings. The first kappa shape index (κ1) is 18.6. The molecule has 144 valence electrons. The first-order valence-corrected chi connectivity index (χ1v) is 9.98. The molecule has 1 aliphatic heterocycles. The van der Waals surface area contributed by atoms with Crippen LogP contribution in [0, 0.1) is 12.8 Å². The maximum absolute atomic E-state index is 11.0. The lowest BCUT2D eigenvalue weighted by atomic mass is 9.88. The minimum absolute atomic E-state index is 0.349. The van der Waals surface area contributed by atoms with Crippen molar-refractivity contribution in [2.24, 2.45) is 5.92 Å². The van der Waals surface area contributed by atoms with Crippen LogP contribution in [0.2, 0.25) is 0 Å². The van der Waals surface area contributed by atoms with E-state index in [1.807, 2.05) is 12.1 Å². The fourth-order valence-corrected chi connectivity index (χ4v) is 4.23. The Morgan fingerprint density at radius 3 is 2.54 bits per heavy atom. The summed E-state index contributed by atoms with van der Waals surface area (Å²) in [5.74, 6) is -0.165. The van der Waals surface area contributed by atoms with Crippen LogP contribution in [0.3, 0.4) is 0 Å². The molecule has 4 rings (SSSR count). The molecule has 28 heavy (non-hydrogen) atoms. The van der Waals surface area contributed by atoms with Crippen molar-refractivity contribution in [3.63, 3.8) is 0 Å².